The van der Waals surface area contributed by atoms with Crippen LogP contribution in [0.15, 0.2) is 60.0 Å². The van der Waals surface area contributed by atoms with Crippen molar-refractivity contribution in [3.05, 3.63) is 77.1 Å². The van der Waals surface area contributed by atoms with E-state index < -0.39 is 0 Å². The summed E-state index contributed by atoms with van der Waals surface area (Å²) in [6, 6.07) is 16.2. The molecule has 1 aromatic heterocycles. The van der Waals surface area contributed by atoms with Crippen LogP contribution < -0.4 is 0 Å². The molecule has 0 fully saturated rings. The van der Waals surface area contributed by atoms with Gasteiger partial charge in [0.15, 0.2) is 5.16 Å². The van der Waals surface area contributed by atoms with Gasteiger partial charge in [-0.25, -0.2) is 4.98 Å². The highest BCUT2D eigenvalue weighted by Gasteiger charge is 2.09. The Morgan fingerprint density at radius 1 is 1.17 bits per heavy atom. The van der Waals surface area contributed by atoms with Gasteiger partial charge >= 0.3 is 0 Å². The zero-order valence-corrected chi connectivity index (χ0v) is 14.0. The highest BCUT2D eigenvalue weighted by atomic mass is 32.2. The molecule has 0 unspecified atom stereocenters. The second-order valence-corrected chi connectivity index (χ2v) is 6.34. The van der Waals surface area contributed by atoms with E-state index in [4.69, 9.17) is 5.26 Å². The standard InChI is InChI=1S/C19H17N3S/c1-14-5-3-8-18(15(14)2)22-10-9-21-19(22)23-13-17-7-4-6-16(11-17)12-20/h3-11H,13H2,1-2H3. The Labute approximate surface area is 140 Å². The van der Waals surface area contributed by atoms with Gasteiger partial charge in [0, 0.05) is 18.1 Å². The number of hydrogen-bond donors (Lipinski definition) is 0. The molecule has 4 heteroatoms. The van der Waals surface area contributed by atoms with Gasteiger partial charge in [-0.3, -0.25) is 4.57 Å². The fraction of sp³-hybridized carbons (Fsp3) is 0.158. The molecule has 3 rings (SSSR count). The molecular weight excluding hydrogens is 302 g/mol. The number of aromatic nitrogens is 2. The van der Waals surface area contributed by atoms with Crippen LogP contribution in [0.1, 0.15) is 22.3 Å². The summed E-state index contributed by atoms with van der Waals surface area (Å²) >= 11 is 1.68. The smallest absolute Gasteiger partial charge is 0.172 e. The van der Waals surface area contributed by atoms with Gasteiger partial charge in [-0.15, -0.1) is 0 Å². The molecule has 0 saturated heterocycles. The highest BCUT2D eigenvalue weighted by Crippen LogP contribution is 2.26. The van der Waals surface area contributed by atoms with E-state index in [0.29, 0.717) is 5.56 Å². The minimum absolute atomic E-state index is 0.695. The normalized spacial score (nSPS) is 10.5. The molecule has 114 valence electrons. The average molecular weight is 319 g/mol. The van der Waals surface area contributed by atoms with E-state index in [1.807, 2.05) is 36.7 Å². The maximum atomic E-state index is 8.99. The number of thioether (sulfide) groups is 1. The molecule has 0 aliphatic heterocycles. The van der Waals surface area contributed by atoms with E-state index >= 15 is 0 Å². The third-order valence-electron chi connectivity index (χ3n) is 3.87. The maximum absolute atomic E-state index is 8.99. The van der Waals surface area contributed by atoms with E-state index in [2.05, 4.69) is 47.7 Å². The van der Waals surface area contributed by atoms with Gasteiger partial charge in [-0.1, -0.05) is 36.0 Å². The van der Waals surface area contributed by atoms with Crippen molar-refractivity contribution in [3.63, 3.8) is 0 Å². The number of nitrogens with zero attached hydrogens (tertiary/aromatic N) is 3. The monoisotopic (exact) mass is 319 g/mol. The first kappa shape index (κ1) is 15.4. The molecule has 3 nitrogen and oxygen atoms in total. The number of rotatable bonds is 4. The van der Waals surface area contributed by atoms with Crippen LogP contribution in [-0.2, 0) is 5.75 Å². The lowest BCUT2D eigenvalue weighted by Crippen LogP contribution is -1.99. The van der Waals surface area contributed by atoms with Gasteiger partial charge in [0.25, 0.3) is 0 Å². The van der Waals surface area contributed by atoms with Gasteiger partial charge in [-0.2, -0.15) is 5.26 Å². The second kappa shape index (κ2) is 6.72. The van der Waals surface area contributed by atoms with E-state index in [1.54, 1.807) is 11.8 Å². The summed E-state index contributed by atoms with van der Waals surface area (Å²) in [6.45, 7) is 4.26. The van der Waals surface area contributed by atoms with Crippen molar-refractivity contribution < 1.29 is 0 Å². The van der Waals surface area contributed by atoms with E-state index in [-0.39, 0.29) is 0 Å². The Bertz CT molecular complexity index is 874. The van der Waals surface area contributed by atoms with Crippen LogP contribution in [0.2, 0.25) is 0 Å². The third kappa shape index (κ3) is 3.30. The molecule has 0 aliphatic rings. The zero-order chi connectivity index (χ0) is 16.2. The molecule has 0 spiro atoms. The van der Waals surface area contributed by atoms with Crippen LogP contribution in [0.4, 0.5) is 0 Å². The number of nitriles is 1. The van der Waals surface area contributed by atoms with Crippen molar-refractivity contribution in [2.75, 3.05) is 0 Å². The molecule has 23 heavy (non-hydrogen) atoms. The minimum Gasteiger partial charge on any atom is -0.295 e. The summed E-state index contributed by atoms with van der Waals surface area (Å²) in [7, 11) is 0. The predicted molar refractivity (Wildman–Crippen MR) is 93.8 cm³/mol. The van der Waals surface area contributed by atoms with Crippen LogP contribution in [-0.4, -0.2) is 9.55 Å². The first-order valence-corrected chi connectivity index (χ1v) is 8.39. The Morgan fingerprint density at radius 2 is 2.00 bits per heavy atom. The Kier molecular flexibility index (Phi) is 4.50. The van der Waals surface area contributed by atoms with Gasteiger partial charge in [-0.05, 0) is 48.7 Å². The lowest BCUT2D eigenvalue weighted by molar-refractivity contribution is 0.885. The second-order valence-electron chi connectivity index (χ2n) is 5.40. The zero-order valence-electron chi connectivity index (χ0n) is 13.2. The molecule has 1 heterocycles. The molecule has 3 aromatic rings. The van der Waals surface area contributed by atoms with Crippen LogP contribution in [0.3, 0.4) is 0 Å². The van der Waals surface area contributed by atoms with Crippen LogP contribution in [0.5, 0.6) is 0 Å². The predicted octanol–water partition coefficient (Wildman–Crippen LogP) is 4.65. The lowest BCUT2D eigenvalue weighted by atomic mass is 10.1. The molecule has 2 aromatic carbocycles. The molecular formula is C19H17N3S. The van der Waals surface area contributed by atoms with Gasteiger partial charge in [0.1, 0.15) is 0 Å². The summed E-state index contributed by atoms with van der Waals surface area (Å²) < 4.78 is 2.13. The quantitative estimate of drug-likeness (QED) is 0.657. The van der Waals surface area contributed by atoms with Gasteiger partial charge in [0.05, 0.1) is 17.3 Å². The fourth-order valence-corrected chi connectivity index (χ4v) is 3.36. The summed E-state index contributed by atoms with van der Waals surface area (Å²) in [6.07, 6.45) is 3.83. The van der Waals surface area contributed by atoms with Crippen LogP contribution >= 0.6 is 11.8 Å². The minimum atomic E-state index is 0.695. The number of benzene rings is 2. The SMILES string of the molecule is Cc1cccc(-n2ccnc2SCc2cccc(C#N)c2)c1C. The molecule has 0 atom stereocenters. The lowest BCUT2D eigenvalue weighted by Gasteiger charge is -2.12. The third-order valence-corrected chi connectivity index (χ3v) is 4.90. The number of aryl methyl sites for hydroxylation is 1. The van der Waals surface area contributed by atoms with Gasteiger partial charge in [0.2, 0.25) is 0 Å². The van der Waals surface area contributed by atoms with Crippen molar-refractivity contribution >= 4 is 11.8 Å². The Hall–Kier alpha value is -2.51. The van der Waals surface area contributed by atoms with Gasteiger partial charge < -0.3 is 0 Å². The van der Waals surface area contributed by atoms with E-state index in [1.165, 1.54) is 11.1 Å². The average Bonchev–Trinajstić information content (AvgIpc) is 3.04. The fourth-order valence-electron chi connectivity index (χ4n) is 2.46. The van der Waals surface area contributed by atoms with Crippen LogP contribution in [0.25, 0.3) is 5.69 Å². The largest absolute Gasteiger partial charge is 0.295 e. The Morgan fingerprint density at radius 3 is 2.83 bits per heavy atom. The highest BCUT2D eigenvalue weighted by molar-refractivity contribution is 7.98. The summed E-state index contributed by atoms with van der Waals surface area (Å²) in [4.78, 5) is 4.48. The van der Waals surface area contributed by atoms with Crippen molar-refractivity contribution in [2.45, 2.75) is 24.8 Å². The molecule has 0 N–H and O–H groups in total. The maximum Gasteiger partial charge on any atom is 0.172 e. The first-order valence-electron chi connectivity index (χ1n) is 7.41. The molecule has 0 saturated carbocycles. The van der Waals surface area contributed by atoms with Crippen molar-refractivity contribution in [1.29, 1.82) is 5.26 Å². The van der Waals surface area contributed by atoms with Crippen molar-refractivity contribution in [2.24, 2.45) is 0 Å². The molecule has 0 bridgehead atoms. The summed E-state index contributed by atoms with van der Waals surface area (Å²) in [5.74, 6) is 0.789. The summed E-state index contributed by atoms with van der Waals surface area (Å²) in [5.41, 5.74) is 5.52. The number of hydrogen-bond acceptors (Lipinski definition) is 3. The first-order chi connectivity index (χ1) is 11.2. The van der Waals surface area contributed by atoms with Crippen molar-refractivity contribution in [3.8, 4) is 11.8 Å². The Balaban J connectivity index is 1.84. The molecule has 0 radical (unpaired) electrons. The summed E-state index contributed by atoms with van der Waals surface area (Å²) in [5, 5.41) is 9.95. The number of imidazole rings is 1. The van der Waals surface area contributed by atoms with E-state index in [9.17, 15) is 0 Å². The molecule has 0 aliphatic carbocycles. The topological polar surface area (TPSA) is 41.6 Å². The van der Waals surface area contributed by atoms with E-state index in [0.717, 1.165) is 22.2 Å². The van der Waals surface area contributed by atoms with Crippen molar-refractivity contribution in [1.82, 2.24) is 9.55 Å². The molecule has 0 amide bonds. The van der Waals surface area contributed by atoms with Crippen LogP contribution in [0, 0.1) is 25.2 Å².